The molecule has 3 amide bonds. The Labute approximate surface area is 159 Å². The quantitative estimate of drug-likeness (QED) is 0.333. The van der Waals surface area contributed by atoms with Gasteiger partial charge in [-0.3, -0.25) is 19.6 Å². The zero-order valence-electron chi connectivity index (χ0n) is 15.0. The molecule has 0 bridgehead atoms. The highest BCUT2D eigenvalue weighted by Crippen LogP contribution is 2.23. The van der Waals surface area contributed by atoms with Gasteiger partial charge >= 0.3 is 0 Å². The Morgan fingerprint density at radius 2 is 1.64 bits per heavy atom. The van der Waals surface area contributed by atoms with Crippen LogP contribution in [-0.4, -0.2) is 58.3 Å². The van der Waals surface area contributed by atoms with Crippen molar-refractivity contribution in [3.63, 3.8) is 0 Å². The van der Waals surface area contributed by atoms with E-state index < -0.39 is 23.8 Å². The van der Waals surface area contributed by atoms with Gasteiger partial charge in [-0.2, -0.15) is 0 Å². The number of fused-ring (bicyclic) bond motifs is 1. The number of nitrogens with one attached hydrogen (secondary N) is 2. The molecule has 0 saturated carbocycles. The van der Waals surface area contributed by atoms with Crippen LogP contribution in [0.5, 0.6) is 0 Å². The third-order valence-electron chi connectivity index (χ3n) is 4.28. The highest BCUT2D eigenvalue weighted by Gasteiger charge is 2.33. The van der Waals surface area contributed by atoms with E-state index >= 15 is 0 Å². The molecule has 1 aromatic heterocycles. The molecule has 1 unspecified atom stereocenters. The third kappa shape index (κ3) is 3.53. The van der Waals surface area contributed by atoms with Crippen LogP contribution >= 0.6 is 0 Å². The molecule has 1 atom stereocenters. The number of carbonyl (C=O) groups excluding carboxylic acids is 3. The van der Waals surface area contributed by atoms with Gasteiger partial charge in [0.25, 0.3) is 17.7 Å². The standard InChI is InChI=1S/C18H17N5O5/c1-19-16(24)15(17(25)20-27)23(2)18(26)11-5-3-10(4-6-11)12-7-8-13-14(9-12)22-28-21-13/h3-9,15,27H,1-2H3,(H,19,24)(H,20,25). The lowest BCUT2D eigenvalue weighted by Gasteiger charge is -2.25. The van der Waals surface area contributed by atoms with Crippen molar-refractivity contribution < 1.29 is 24.2 Å². The molecule has 0 aliphatic rings. The monoisotopic (exact) mass is 383 g/mol. The van der Waals surface area contributed by atoms with Crippen molar-refractivity contribution in [1.82, 2.24) is 26.0 Å². The number of hydrogen-bond donors (Lipinski definition) is 3. The number of hydroxylamine groups is 1. The molecule has 0 fully saturated rings. The second-order valence-electron chi connectivity index (χ2n) is 5.95. The summed E-state index contributed by atoms with van der Waals surface area (Å²) in [5.74, 6) is -2.30. The van der Waals surface area contributed by atoms with Gasteiger partial charge < -0.3 is 10.2 Å². The van der Waals surface area contributed by atoms with Crippen LogP contribution in [0.4, 0.5) is 0 Å². The summed E-state index contributed by atoms with van der Waals surface area (Å²) in [4.78, 5) is 37.3. The fraction of sp³-hybridized carbons (Fsp3) is 0.167. The van der Waals surface area contributed by atoms with Gasteiger partial charge in [0, 0.05) is 19.7 Å². The van der Waals surface area contributed by atoms with Crippen molar-refractivity contribution in [2.45, 2.75) is 6.04 Å². The molecule has 1 heterocycles. The largest absolute Gasteiger partial charge is 0.357 e. The first-order chi connectivity index (χ1) is 13.5. The maximum atomic E-state index is 12.7. The second-order valence-corrected chi connectivity index (χ2v) is 5.95. The van der Waals surface area contributed by atoms with E-state index in [1.165, 1.54) is 19.6 Å². The van der Waals surface area contributed by atoms with Crippen molar-refractivity contribution in [1.29, 1.82) is 0 Å². The third-order valence-corrected chi connectivity index (χ3v) is 4.28. The van der Waals surface area contributed by atoms with Crippen LogP contribution in [-0.2, 0) is 9.59 Å². The Hall–Kier alpha value is -3.79. The molecule has 28 heavy (non-hydrogen) atoms. The first-order valence-corrected chi connectivity index (χ1v) is 8.21. The fourth-order valence-electron chi connectivity index (χ4n) is 2.76. The summed E-state index contributed by atoms with van der Waals surface area (Å²) < 4.78 is 4.68. The van der Waals surface area contributed by atoms with Crippen LogP contribution in [0.2, 0.25) is 0 Å². The molecule has 10 heteroatoms. The van der Waals surface area contributed by atoms with Crippen LogP contribution < -0.4 is 10.8 Å². The van der Waals surface area contributed by atoms with Crippen LogP contribution in [0.25, 0.3) is 22.2 Å². The predicted molar refractivity (Wildman–Crippen MR) is 97.1 cm³/mol. The Morgan fingerprint density at radius 1 is 1.00 bits per heavy atom. The summed E-state index contributed by atoms with van der Waals surface area (Å²) in [7, 11) is 2.63. The van der Waals surface area contributed by atoms with Gasteiger partial charge in [0.2, 0.25) is 0 Å². The van der Waals surface area contributed by atoms with Gasteiger partial charge in [-0.25, -0.2) is 10.1 Å². The molecule has 0 aliphatic carbocycles. The van der Waals surface area contributed by atoms with E-state index in [-0.39, 0.29) is 5.56 Å². The topological polar surface area (TPSA) is 138 Å². The molecule has 0 radical (unpaired) electrons. The van der Waals surface area contributed by atoms with Crippen LogP contribution in [0.1, 0.15) is 10.4 Å². The van der Waals surface area contributed by atoms with Crippen molar-refractivity contribution >= 4 is 28.8 Å². The van der Waals surface area contributed by atoms with Crippen molar-refractivity contribution in [2.75, 3.05) is 14.1 Å². The fourth-order valence-corrected chi connectivity index (χ4v) is 2.76. The van der Waals surface area contributed by atoms with Crippen molar-refractivity contribution in [3.05, 3.63) is 48.0 Å². The summed E-state index contributed by atoms with van der Waals surface area (Å²) >= 11 is 0. The molecule has 144 valence electrons. The van der Waals surface area contributed by atoms with Gasteiger partial charge in [-0.1, -0.05) is 18.2 Å². The van der Waals surface area contributed by atoms with E-state index in [4.69, 9.17) is 5.21 Å². The average Bonchev–Trinajstić information content (AvgIpc) is 3.20. The van der Waals surface area contributed by atoms with E-state index in [9.17, 15) is 14.4 Å². The summed E-state index contributed by atoms with van der Waals surface area (Å²) in [5.41, 5.74) is 4.61. The summed E-state index contributed by atoms with van der Waals surface area (Å²) in [6, 6.07) is 10.5. The molecule has 3 rings (SSSR count). The van der Waals surface area contributed by atoms with Gasteiger partial charge in [-0.05, 0) is 45.7 Å². The Balaban J connectivity index is 1.84. The molecule has 0 spiro atoms. The van der Waals surface area contributed by atoms with Crippen LogP contribution in [0, 0.1) is 0 Å². The number of aromatic nitrogens is 2. The number of benzene rings is 2. The van der Waals surface area contributed by atoms with E-state index in [1.807, 2.05) is 12.1 Å². The highest BCUT2D eigenvalue weighted by atomic mass is 16.6. The average molecular weight is 383 g/mol. The lowest BCUT2D eigenvalue weighted by atomic mass is 10.0. The molecule has 0 aliphatic heterocycles. The minimum atomic E-state index is -1.51. The van der Waals surface area contributed by atoms with Gasteiger partial charge in [0.05, 0.1) is 0 Å². The second kappa shape index (κ2) is 7.84. The Bertz CT molecular complexity index is 1010. The van der Waals surface area contributed by atoms with Crippen molar-refractivity contribution in [2.24, 2.45) is 0 Å². The van der Waals surface area contributed by atoms with Gasteiger partial charge in [0.15, 0.2) is 6.04 Å². The lowest BCUT2D eigenvalue weighted by molar-refractivity contribution is -0.140. The van der Waals surface area contributed by atoms with Gasteiger partial charge in [0.1, 0.15) is 11.0 Å². The number of hydrogen-bond acceptors (Lipinski definition) is 7. The van der Waals surface area contributed by atoms with E-state index in [2.05, 4.69) is 20.3 Å². The number of rotatable bonds is 5. The lowest BCUT2D eigenvalue weighted by Crippen LogP contribution is -2.54. The van der Waals surface area contributed by atoms with Gasteiger partial charge in [-0.15, -0.1) is 0 Å². The van der Waals surface area contributed by atoms with Crippen molar-refractivity contribution in [3.8, 4) is 11.1 Å². The molecule has 3 aromatic rings. The number of nitrogens with zero attached hydrogens (tertiary/aromatic N) is 3. The van der Waals surface area contributed by atoms with E-state index in [1.54, 1.807) is 30.3 Å². The normalized spacial score (nSPS) is 11.7. The highest BCUT2D eigenvalue weighted by molar-refractivity contribution is 6.08. The number of amides is 3. The molecule has 3 N–H and O–H groups in total. The smallest absolute Gasteiger partial charge is 0.275 e. The number of carbonyl (C=O) groups is 3. The first kappa shape index (κ1) is 19.0. The molecular weight excluding hydrogens is 366 g/mol. The molecule has 0 saturated heterocycles. The maximum Gasteiger partial charge on any atom is 0.275 e. The molecule has 2 aromatic carbocycles. The minimum Gasteiger partial charge on any atom is -0.357 e. The predicted octanol–water partition coefficient (Wildman–Crippen LogP) is 0.582. The van der Waals surface area contributed by atoms with E-state index in [0.29, 0.717) is 11.0 Å². The first-order valence-electron chi connectivity index (χ1n) is 8.21. The minimum absolute atomic E-state index is 0.273. The summed E-state index contributed by atoms with van der Waals surface area (Å²) in [5, 5.41) is 18.7. The maximum absolute atomic E-state index is 12.7. The molecule has 10 nitrogen and oxygen atoms in total. The van der Waals surface area contributed by atoms with E-state index in [0.717, 1.165) is 16.0 Å². The zero-order chi connectivity index (χ0) is 20.3. The zero-order valence-corrected chi connectivity index (χ0v) is 15.0. The molecular formula is C18H17N5O5. The Kier molecular flexibility index (Phi) is 5.32. The van der Waals surface area contributed by atoms with Crippen LogP contribution in [0.3, 0.4) is 0 Å². The van der Waals surface area contributed by atoms with Crippen LogP contribution in [0.15, 0.2) is 47.1 Å². The number of likely N-dealkylation sites (N-methyl/N-ethyl adjacent to an activating group) is 2. The Morgan fingerprint density at radius 3 is 2.29 bits per heavy atom. The summed E-state index contributed by atoms with van der Waals surface area (Å²) in [6.07, 6.45) is 0. The SMILES string of the molecule is CNC(=O)C(C(=O)NO)N(C)C(=O)c1ccc(-c2ccc3nonc3c2)cc1. The summed E-state index contributed by atoms with van der Waals surface area (Å²) in [6.45, 7) is 0.